The van der Waals surface area contributed by atoms with E-state index in [-0.39, 0.29) is 12.6 Å². The van der Waals surface area contributed by atoms with Crippen molar-refractivity contribution in [3.63, 3.8) is 0 Å². The minimum absolute atomic E-state index is 0.0466. The number of hydrogen-bond acceptors (Lipinski definition) is 4. The molecule has 4 N–H and O–H groups in total. The van der Waals surface area contributed by atoms with E-state index in [9.17, 15) is 9.59 Å². The predicted molar refractivity (Wildman–Crippen MR) is 63.1 cm³/mol. The number of carboxylic acids is 1. The maximum atomic E-state index is 11.9. The molecule has 0 aromatic heterocycles. The third-order valence-electron chi connectivity index (χ3n) is 3.11. The third-order valence-corrected chi connectivity index (χ3v) is 3.11. The maximum Gasteiger partial charge on any atom is 0.328 e. The van der Waals surface area contributed by atoms with Crippen molar-refractivity contribution in [2.24, 2.45) is 0 Å². The fourth-order valence-electron chi connectivity index (χ4n) is 2.15. The average Bonchev–Trinajstić information content (AvgIpc) is 2.80. The molecule has 1 fully saturated rings. The number of urea groups is 1. The van der Waals surface area contributed by atoms with Gasteiger partial charge in [-0.1, -0.05) is 0 Å². The molecule has 7 nitrogen and oxygen atoms in total. The molecule has 0 aliphatic carbocycles. The first-order valence-electron chi connectivity index (χ1n) is 6.11. The summed E-state index contributed by atoms with van der Waals surface area (Å²) in [4.78, 5) is 24.2. The number of aliphatic carboxylic acids is 1. The third kappa shape index (κ3) is 3.85. The van der Waals surface area contributed by atoms with Gasteiger partial charge in [-0.2, -0.15) is 0 Å². The molecule has 0 bridgehead atoms. The molecular weight excluding hydrogens is 240 g/mol. The smallest absolute Gasteiger partial charge is 0.328 e. The number of nitrogens with zero attached hydrogens (tertiary/aromatic N) is 1. The van der Waals surface area contributed by atoms with Crippen LogP contribution in [0.25, 0.3) is 0 Å². The Morgan fingerprint density at radius 1 is 1.39 bits per heavy atom. The van der Waals surface area contributed by atoms with Crippen LogP contribution in [0.2, 0.25) is 0 Å². The van der Waals surface area contributed by atoms with Crippen molar-refractivity contribution >= 4 is 12.0 Å². The Morgan fingerprint density at radius 2 is 2.11 bits per heavy atom. The van der Waals surface area contributed by atoms with Crippen LogP contribution in [0.5, 0.6) is 0 Å². The highest BCUT2D eigenvalue weighted by atomic mass is 16.4. The van der Waals surface area contributed by atoms with E-state index in [0.29, 0.717) is 19.4 Å². The van der Waals surface area contributed by atoms with E-state index in [1.807, 2.05) is 0 Å². The topological polar surface area (TPSA) is 110 Å². The lowest BCUT2D eigenvalue weighted by Gasteiger charge is -2.26. The Morgan fingerprint density at radius 3 is 2.67 bits per heavy atom. The van der Waals surface area contributed by atoms with Crippen molar-refractivity contribution in [1.82, 2.24) is 10.2 Å². The van der Waals surface area contributed by atoms with E-state index in [1.54, 1.807) is 4.90 Å². The van der Waals surface area contributed by atoms with Crippen molar-refractivity contribution in [2.45, 2.75) is 37.8 Å². The summed E-state index contributed by atoms with van der Waals surface area (Å²) in [5, 5.41) is 28.7. The number of aliphatic hydroxyl groups is 2. The molecule has 0 spiro atoms. The molecule has 0 aromatic rings. The van der Waals surface area contributed by atoms with Gasteiger partial charge in [-0.3, -0.25) is 0 Å². The number of hydrogen-bond donors (Lipinski definition) is 4. The first-order valence-corrected chi connectivity index (χ1v) is 6.11. The summed E-state index contributed by atoms with van der Waals surface area (Å²) < 4.78 is 0. The van der Waals surface area contributed by atoms with Gasteiger partial charge in [0.1, 0.15) is 0 Å². The van der Waals surface area contributed by atoms with Crippen LogP contribution in [0.3, 0.4) is 0 Å². The summed E-state index contributed by atoms with van der Waals surface area (Å²) in [6, 6.07) is -1.68. The zero-order valence-corrected chi connectivity index (χ0v) is 10.2. The van der Waals surface area contributed by atoms with Crippen LogP contribution < -0.4 is 5.32 Å². The van der Waals surface area contributed by atoms with Crippen LogP contribution in [0, 0.1) is 0 Å². The van der Waals surface area contributed by atoms with Crippen molar-refractivity contribution in [2.75, 3.05) is 19.8 Å². The van der Waals surface area contributed by atoms with E-state index in [0.717, 1.165) is 12.8 Å². The highest BCUT2D eigenvalue weighted by Crippen LogP contribution is 2.21. The summed E-state index contributed by atoms with van der Waals surface area (Å²) in [6.07, 6.45) is 3.07. The van der Waals surface area contributed by atoms with E-state index in [2.05, 4.69) is 5.32 Å². The molecule has 0 aromatic carbocycles. The molecule has 1 heterocycles. The lowest BCUT2D eigenvalue weighted by Crippen LogP contribution is -2.50. The Hall–Kier alpha value is -1.34. The van der Waals surface area contributed by atoms with Crippen molar-refractivity contribution in [1.29, 1.82) is 0 Å². The fraction of sp³-hybridized carbons (Fsp3) is 0.818. The summed E-state index contributed by atoms with van der Waals surface area (Å²) in [5.41, 5.74) is 0. The second-order valence-corrected chi connectivity index (χ2v) is 4.38. The summed E-state index contributed by atoms with van der Waals surface area (Å²) in [5.74, 6) is -1.25. The quantitative estimate of drug-likeness (QED) is 0.508. The number of carbonyl (C=O) groups excluding carboxylic acids is 1. The standard InChI is InChI=1S/C11H20N2O5/c14-6-2-4-8-3-1-5-13(8)11(18)12-9(7-15)10(16)17/h8-9,14-15H,1-7H2,(H,12,18)(H,16,17)/t8?,9-/m1/s1. The van der Waals surface area contributed by atoms with E-state index in [1.165, 1.54) is 0 Å². The Balaban J connectivity index is 2.51. The summed E-state index contributed by atoms with van der Waals surface area (Å²) in [6.45, 7) is 0.0380. The highest BCUT2D eigenvalue weighted by Gasteiger charge is 2.30. The van der Waals surface area contributed by atoms with Gasteiger partial charge in [-0.15, -0.1) is 0 Å². The molecule has 0 radical (unpaired) electrons. The van der Waals surface area contributed by atoms with Gasteiger partial charge < -0.3 is 25.5 Å². The average molecular weight is 260 g/mol. The van der Waals surface area contributed by atoms with Crippen molar-refractivity contribution in [3.05, 3.63) is 0 Å². The van der Waals surface area contributed by atoms with Crippen LogP contribution in [-0.2, 0) is 4.79 Å². The van der Waals surface area contributed by atoms with Gasteiger partial charge >= 0.3 is 12.0 Å². The predicted octanol–water partition coefficient (Wildman–Crippen LogP) is -0.622. The fourth-order valence-corrected chi connectivity index (χ4v) is 2.15. The number of carbonyl (C=O) groups is 2. The number of likely N-dealkylation sites (tertiary alicyclic amines) is 1. The van der Waals surface area contributed by atoms with E-state index < -0.39 is 24.6 Å². The first-order chi connectivity index (χ1) is 8.60. The van der Waals surface area contributed by atoms with E-state index >= 15 is 0 Å². The zero-order valence-electron chi connectivity index (χ0n) is 10.2. The Labute approximate surface area is 105 Å². The van der Waals surface area contributed by atoms with Crippen LogP contribution in [0.15, 0.2) is 0 Å². The molecule has 1 rings (SSSR count). The van der Waals surface area contributed by atoms with Gasteiger partial charge in [0.15, 0.2) is 6.04 Å². The highest BCUT2D eigenvalue weighted by molar-refractivity contribution is 5.82. The lowest BCUT2D eigenvalue weighted by atomic mass is 10.1. The Kier molecular flexibility index (Phi) is 5.87. The zero-order chi connectivity index (χ0) is 13.5. The number of carboxylic acid groups (broad SMARTS) is 1. The summed E-state index contributed by atoms with van der Waals surface area (Å²) >= 11 is 0. The molecule has 1 saturated heterocycles. The minimum atomic E-state index is -1.27. The number of aliphatic hydroxyl groups excluding tert-OH is 2. The molecule has 0 saturated carbocycles. The number of rotatable bonds is 6. The largest absolute Gasteiger partial charge is 0.480 e. The molecule has 7 heteroatoms. The van der Waals surface area contributed by atoms with Crippen LogP contribution in [0.1, 0.15) is 25.7 Å². The second kappa shape index (κ2) is 7.17. The molecule has 1 unspecified atom stereocenters. The van der Waals surface area contributed by atoms with E-state index in [4.69, 9.17) is 15.3 Å². The van der Waals surface area contributed by atoms with Crippen molar-refractivity contribution < 1.29 is 24.9 Å². The molecule has 18 heavy (non-hydrogen) atoms. The monoisotopic (exact) mass is 260 g/mol. The minimum Gasteiger partial charge on any atom is -0.480 e. The van der Waals surface area contributed by atoms with Crippen molar-refractivity contribution in [3.8, 4) is 0 Å². The van der Waals surface area contributed by atoms with Crippen LogP contribution >= 0.6 is 0 Å². The molecule has 2 atom stereocenters. The van der Waals surface area contributed by atoms with Gasteiger partial charge in [0.2, 0.25) is 0 Å². The lowest BCUT2D eigenvalue weighted by molar-refractivity contribution is -0.140. The molecule has 1 aliphatic heterocycles. The van der Waals surface area contributed by atoms with Gasteiger partial charge in [0.05, 0.1) is 6.61 Å². The number of nitrogens with one attached hydrogen (secondary N) is 1. The van der Waals surface area contributed by atoms with Crippen LogP contribution in [0.4, 0.5) is 4.79 Å². The maximum absolute atomic E-state index is 11.9. The molecular formula is C11H20N2O5. The molecule has 2 amide bonds. The van der Waals surface area contributed by atoms with Gasteiger partial charge in [0.25, 0.3) is 0 Å². The SMILES string of the molecule is O=C(O)[C@@H](CO)NC(=O)N1CCCC1CCCO. The summed E-state index contributed by atoms with van der Waals surface area (Å²) in [7, 11) is 0. The first kappa shape index (κ1) is 14.7. The second-order valence-electron chi connectivity index (χ2n) is 4.38. The van der Waals surface area contributed by atoms with Gasteiger partial charge in [-0.25, -0.2) is 9.59 Å². The molecule has 1 aliphatic rings. The normalized spacial score (nSPS) is 20.8. The van der Waals surface area contributed by atoms with Crippen LogP contribution in [-0.4, -0.2) is 64.1 Å². The number of amides is 2. The van der Waals surface area contributed by atoms with Gasteiger partial charge in [-0.05, 0) is 25.7 Å². The van der Waals surface area contributed by atoms with Gasteiger partial charge in [0, 0.05) is 19.2 Å². The Bertz CT molecular complexity index is 297. The molecule has 104 valence electrons.